The van der Waals surface area contributed by atoms with Crippen LogP contribution in [0.2, 0.25) is 0 Å². The molecule has 0 saturated carbocycles. The number of amides is 2. The maximum Gasteiger partial charge on any atom is 0.258 e. The van der Waals surface area contributed by atoms with Crippen molar-refractivity contribution in [1.29, 1.82) is 0 Å². The van der Waals surface area contributed by atoms with E-state index in [-0.39, 0.29) is 23.1 Å². The van der Waals surface area contributed by atoms with Crippen LogP contribution < -0.4 is 5.32 Å². The average molecular weight is 235 g/mol. The van der Waals surface area contributed by atoms with Gasteiger partial charge in [0, 0.05) is 19.3 Å². The summed E-state index contributed by atoms with van der Waals surface area (Å²) in [5.41, 5.74) is 0.168. The molecule has 0 aromatic carbocycles. The minimum Gasteiger partial charge on any atom is -0.505 e. The van der Waals surface area contributed by atoms with Crippen LogP contribution in [0, 0.1) is 0 Å². The first kappa shape index (κ1) is 11.4. The number of rotatable bonds is 1. The standard InChI is InChI=1S/C11H13N3O3/c1-7-10(16)13-4-5-14(7)11(17)8-2-3-12-6-9(8)15/h2-3,6-7,15H,4-5H2,1H3,(H,13,16). The third-order valence-electron chi connectivity index (χ3n) is 2.79. The van der Waals surface area contributed by atoms with Crippen molar-refractivity contribution in [2.45, 2.75) is 13.0 Å². The molecule has 90 valence electrons. The molecule has 1 aromatic heterocycles. The summed E-state index contributed by atoms with van der Waals surface area (Å²) in [6.07, 6.45) is 2.64. The number of nitrogens with one attached hydrogen (secondary N) is 1. The van der Waals surface area contributed by atoms with Gasteiger partial charge in [-0.2, -0.15) is 0 Å². The Balaban J connectivity index is 2.26. The summed E-state index contributed by atoms with van der Waals surface area (Å²) in [7, 11) is 0. The third kappa shape index (κ3) is 2.06. The van der Waals surface area contributed by atoms with Crippen molar-refractivity contribution in [1.82, 2.24) is 15.2 Å². The van der Waals surface area contributed by atoms with Crippen LogP contribution in [0.5, 0.6) is 5.75 Å². The van der Waals surface area contributed by atoms with Crippen molar-refractivity contribution in [3.05, 3.63) is 24.0 Å². The van der Waals surface area contributed by atoms with Crippen LogP contribution in [0.3, 0.4) is 0 Å². The lowest BCUT2D eigenvalue weighted by Gasteiger charge is -2.32. The number of carbonyl (C=O) groups excluding carboxylic acids is 2. The van der Waals surface area contributed by atoms with E-state index in [9.17, 15) is 14.7 Å². The Bertz CT molecular complexity index is 461. The van der Waals surface area contributed by atoms with E-state index in [1.165, 1.54) is 23.4 Å². The molecular formula is C11H13N3O3. The van der Waals surface area contributed by atoms with Crippen molar-refractivity contribution in [2.24, 2.45) is 0 Å². The van der Waals surface area contributed by atoms with E-state index in [4.69, 9.17) is 0 Å². The third-order valence-corrected chi connectivity index (χ3v) is 2.79. The Kier molecular flexibility index (Phi) is 2.95. The fourth-order valence-corrected chi connectivity index (χ4v) is 1.78. The summed E-state index contributed by atoms with van der Waals surface area (Å²) < 4.78 is 0. The van der Waals surface area contributed by atoms with Gasteiger partial charge >= 0.3 is 0 Å². The minimum atomic E-state index is -0.524. The van der Waals surface area contributed by atoms with Gasteiger partial charge in [0.1, 0.15) is 11.8 Å². The maximum atomic E-state index is 12.1. The first-order chi connectivity index (χ1) is 8.11. The molecule has 0 bridgehead atoms. The second-order valence-electron chi connectivity index (χ2n) is 3.86. The fraction of sp³-hybridized carbons (Fsp3) is 0.364. The highest BCUT2D eigenvalue weighted by Gasteiger charge is 2.30. The van der Waals surface area contributed by atoms with Gasteiger partial charge < -0.3 is 15.3 Å². The predicted octanol–water partition coefficient (Wildman–Crippen LogP) is -0.252. The zero-order valence-electron chi connectivity index (χ0n) is 9.38. The molecule has 1 aliphatic heterocycles. The Labute approximate surface area is 98.3 Å². The quantitative estimate of drug-likeness (QED) is 0.703. The van der Waals surface area contributed by atoms with E-state index < -0.39 is 6.04 Å². The van der Waals surface area contributed by atoms with Gasteiger partial charge in [-0.15, -0.1) is 0 Å². The van der Waals surface area contributed by atoms with Crippen molar-refractivity contribution < 1.29 is 14.7 Å². The molecule has 1 fully saturated rings. The summed E-state index contributed by atoms with van der Waals surface area (Å²) in [4.78, 5) is 28.7. The average Bonchev–Trinajstić information content (AvgIpc) is 2.32. The van der Waals surface area contributed by atoms with Crippen LogP contribution in [-0.2, 0) is 4.79 Å². The summed E-state index contributed by atoms with van der Waals surface area (Å²) in [6, 6.07) is 0.917. The normalized spacial score (nSPS) is 19.9. The molecule has 6 nitrogen and oxygen atoms in total. The van der Waals surface area contributed by atoms with Gasteiger partial charge in [0.05, 0.1) is 11.8 Å². The molecule has 2 rings (SSSR count). The maximum absolute atomic E-state index is 12.1. The summed E-state index contributed by atoms with van der Waals surface area (Å²) in [6.45, 7) is 2.53. The smallest absolute Gasteiger partial charge is 0.258 e. The lowest BCUT2D eigenvalue weighted by Crippen LogP contribution is -2.55. The first-order valence-corrected chi connectivity index (χ1v) is 5.33. The molecule has 0 aliphatic carbocycles. The zero-order chi connectivity index (χ0) is 12.4. The number of nitrogens with zero attached hydrogens (tertiary/aromatic N) is 2. The predicted molar refractivity (Wildman–Crippen MR) is 59.4 cm³/mol. The van der Waals surface area contributed by atoms with Crippen LogP contribution in [0.4, 0.5) is 0 Å². The molecule has 1 aliphatic rings. The van der Waals surface area contributed by atoms with E-state index >= 15 is 0 Å². The van der Waals surface area contributed by atoms with Gasteiger partial charge in [-0.3, -0.25) is 14.6 Å². The number of hydrogen-bond donors (Lipinski definition) is 2. The highest BCUT2D eigenvalue weighted by atomic mass is 16.3. The second kappa shape index (κ2) is 4.40. The molecule has 2 heterocycles. The van der Waals surface area contributed by atoms with Gasteiger partial charge in [-0.1, -0.05) is 0 Å². The van der Waals surface area contributed by atoms with Crippen LogP contribution in [-0.4, -0.2) is 45.9 Å². The van der Waals surface area contributed by atoms with Gasteiger partial charge in [0.2, 0.25) is 5.91 Å². The molecule has 0 radical (unpaired) electrons. The molecule has 2 amide bonds. The lowest BCUT2D eigenvalue weighted by molar-refractivity contribution is -0.127. The molecule has 1 saturated heterocycles. The molecule has 1 aromatic rings. The number of aromatic nitrogens is 1. The van der Waals surface area contributed by atoms with Crippen LogP contribution >= 0.6 is 0 Å². The topological polar surface area (TPSA) is 82.5 Å². The molecule has 1 unspecified atom stereocenters. The summed E-state index contributed by atoms with van der Waals surface area (Å²) >= 11 is 0. The van der Waals surface area contributed by atoms with Crippen LogP contribution in [0.1, 0.15) is 17.3 Å². The van der Waals surface area contributed by atoms with Crippen molar-refractivity contribution in [3.63, 3.8) is 0 Å². The van der Waals surface area contributed by atoms with Crippen molar-refractivity contribution in [3.8, 4) is 5.75 Å². The zero-order valence-corrected chi connectivity index (χ0v) is 9.38. The fourth-order valence-electron chi connectivity index (χ4n) is 1.78. The Morgan fingerprint density at radius 3 is 3.12 bits per heavy atom. The molecule has 17 heavy (non-hydrogen) atoms. The number of hydrogen-bond acceptors (Lipinski definition) is 4. The van der Waals surface area contributed by atoms with Crippen LogP contribution in [0.15, 0.2) is 18.5 Å². The second-order valence-corrected chi connectivity index (χ2v) is 3.86. The van der Waals surface area contributed by atoms with E-state index in [0.717, 1.165) is 0 Å². The SMILES string of the molecule is CC1C(=O)NCCN1C(=O)c1ccncc1O. The number of carbonyl (C=O) groups is 2. The number of aromatic hydroxyl groups is 1. The van der Waals surface area contributed by atoms with E-state index in [1.54, 1.807) is 6.92 Å². The largest absolute Gasteiger partial charge is 0.505 e. The lowest BCUT2D eigenvalue weighted by atomic mass is 10.1. The van der Waals surface area contributed by atoms with Crippen molar-refractivity contribution >= 4 is 11.8 Å². The van der Waals surface area contributed by atoms with Gasteiger partial charge in [-0.05, 0) is 13.0 Å². The Hall–Kier alpha value is -2.11. The number of pyridine rings is 1. The summed E-state index contributed by atoms with van der Waals surface area (Å²) in [5.74, 6) is -0.707. The molecule has 0 spiro atoms. The molecule has 2 N–H and O–H groups in total. The molecule has 6 heteroatoms. The van der Waals surface area contributed by atoms with Gasteiger partial charge in [0.15, 0.2) is 0 Å². The van der Waals surface area contributed by atoms with E-state index in [0.29, 0.717) is 13.1 Å². The van der Waals surface area contributed by atoms with Crippen LogP contribution in [0.25, 0.3) is 0 Å². The highest BCUT2D eigenvalue weighted by Crippen LogP contribution is 2.18. The van der Waals surface area contributed by atoms with E-state index in [1.807, 2.05) is 0 Å². The van der Waals surface area contributed by atoms with Gasteiger partial charge in [0.25, 0.3) is 5.91 Å². The molecule has 1 atom stereocenters. The van der Waals surface area contributed by atoms with Gasteiger partial charge in [-0.25, -0.2) is 0 Å². The Morgan fingerprint density at radius 1 is 1.65 bits per heavy atom. The monoisotopic (exact) mass is 235 g/mol. The van der Waals surface area contributed by atoms with E-state index in [2.05, 4.69) is 10.3 Å². The molecular weight excluding hydrogens is 222 g/mol. The van der Waals surface area contributed by atoms with Crippen molar-refractivity contribution in [2.75, 3.05) is 13.1 Å². The number of piperazine rings is 1. The summed E-state index contributed by atoms with van der Waals surface area (Å²) in [5, 5.41) is 12.2. The minimum absolute atomic E-state index is 0.168. The first-order valence-electron chi connectivity index (χ1n) is 5.33. The Morgan fingerprint density at radius 2 is 2.41 bits per heavy atom. The highest BCUT2D eigenvalue weighted by molar-refractivity contribution is 5.99.